The lowest BCUT2D eigenvalue weighted by Gasteiger charge is -2.46. The molecule has 0 saturated carbocycles. The van der Waals surface area contributed by atoms with E-state index in [0.29, 0.717) is 10.8 Å². The summed E-state index contributed by atoms with van der Waals surface area (Å²) < 4.78 is 0. The van der Waals surface area contributed by atoms with E-state index in [0.717, 1.165) is 0 Å². The van der Waals surface area contributed by atoms with E-state index in [1.165, 1.54) is 38.5 Å². The van der Waals surface area contributed by atoms with Crippen molar-refractivity contribution in [1.82, 2.24) is 0 Å². The average Bonchev–Trinajstić information content (AvgIpc) is 2.20. The zero-order valence-electron chi connectivity index (χ0n) is 11.2. The molecule has 0 radical (unpaired) electrons. The first-order valence-corrected chi connectivity index (χ1v) is 6.49. The molecule has 86 valence electrons. The smallest absolute Gasteiger partial charge is 0.0252 e. The fourth-order valence-corrected chi connectivity index (χ4v) is 2.79. The van der Waals surface area contributed by atoms with Gasteiger partial charge in [-0.3, -0.25) is 0 Å². The van der Waals surface area contributed by atoms with Crippen molar-refractivity contribution in [1.29, 1.82) is 0 Å². The molecule has 0 unspecified atom stereocenters. The van der Waals surface area contributed by atoms with Gasteiger partial charge in [0.15, 0.2) is 0 Å². The van der Waals surface area contributed by atoms with E-state index in [4.69, 9.17) is 0 Å². The average molecular weight is 198 g/mol. The molecule has 0 aliphatic carbocycles. The molecule has 0 amide bonds. The predicted molar refractivity (Wildman–Crippen MR) is 66.6 cm³/mol. The number of hydrogen-bond donors (Lipinski definition) is 0. The van der Waals surface area contributed by atoms with Gasteiger partial charge in [0.25, 0.3) is 0 Å². The number of rotatable bonds is 7. The minimum absolute atomic E-state index is 0.506. The van der Waals surface area contributed by atoms with Crippen LogP contribution in [-0.4, -0.2) is 0 Å². The summed E-state index contributed by atoms with van der Waals surface area (Å²) in [5.41, 5.74) is 1.09. The summed E-state index contributed by atoms with van der Waals surface area (Å²) in [4.78, 5) is 0. The molecule has 0 bridgehead atoms. The van der Waals surface area contributed by atoms with Crippen LogP contribution in [0.1, 0.15) is 80.1 Å². The van der Waals surface area contributed by atoms with Crippen LogP contribution in [0.15, 0.2) is 0 Å². The van der Waals surface area contributed by atoms with Crippen LogP contribution in [0.2, 0.25) is 0 Å². The van der Waals surface area contributed by atoms with Crippen LogP contribution >= 0.6 is 0 Å². The van der Waals surface area contributed by atoms with E-state index in [9.17, 15) is 0 Å². The van der Waals surface area contributed by atoms with Gasteiger partial charge in [-0.1, -0.05) is 60.8 Å². The first-order chi connectivity index (χ1) is 6.49. The van der Waals surface area contributed by atoms with Crippen molar-refractivity contribution in [3.63, 3.8) is 0 Å². The normalized spacial score (nSPS) is 13.3. The fraction of sp³-hybridized carbons (Fsp3) is 1.00. The van der Waals surface area contributed by atoms with Crippen molar-refractivity contribution in [3.05, 3.63) is 0 Å². The first-order valence-electron chi connectivity index (χ1n) is 6.49. The van der Waals surface area contributed by atoms with Crippen molar-refractivity contribution in [3.8, 4) is 0 Å². The summed E-state index contributed by atoms with van der Waals surface area (Å²) in [6, 6.07) is 0. The molecule has 0 aliphatic heterocycles. The van der Waals surface area contributed by atoms with E-state index < -0.39 is 0 Å². The monoisotopic (exact) mass is 198 g/mol. The van der Waals surface area contributed by atoms with Crippen molar-refractivity contribution in [2.75, 3.05) is 0 Å². The standard InChI is InChI=1S/C14H30/c1-7-11-12-14(9-3,10-4)13(5,6)8-2/h7-12H2,1-6H3. The number of unbranched alkanes of at least 4 members (excludes halogenated alkanes) is 1. The van der Waals surface area contributed by atoms with E-state index >= 15 is 0 Å². The molecule has 0 heterocycles. The lowest BCUT2D eigenvalue weighted by atomic mass is 9.59. The van der Waals surface area contributed by atoms with Crippen molar-refractivity contribution in [2.45, 2.75) is 80.1 Å². The molecular formula is C14H30. The first kappa shape index (κ1) is 14.0. The van der Waals surface area contributed by atoms with E-state index in [1.807, 2.05) is 0 Å². The lowest BCUT2D eigenvalue weighted by molar-refractivity contribution is 0.0403. The van der Waals surface area contributed by atoms with E-state index in [-0.39, 0.29) is 0 Å². The Morgan fingerprint density at radius 3 is 1.57 bits per heavy atom. The molecule has 0 aromatic rings. The molecule has 0 heteroatoms. The Bertz CT molecular complexity index is 140. The van der Waals surface area contributed by atoms with E-state index in [1.54, 1.807) is 0 Å². The van der Waals surface area contributed by atoms with Gasteiger partial charge in [-0.15, -0.1) is 0 Å². The fourth-order valence-electron chi connectivity index (χ4n) is 2.79. The van der Waals surface area contributed by atoms with Crippen LogP contribution in [0, 0.1) is 10.8 Å². The molecular weight excluding hydrogens is 168 g/mol. The summed E-state index contributed by atoms with van der Waals surface area (Å²) >= 11 is 0. The summed E-state index contributed by atoms with van der Waals surface area (Å²) in [5.74, 6) is 0. The molecule has 0 rings (SSSR count). The van der Waals surface area contributed by atoms with Gasteiger partial charge in [-0.2, -0.15) is 0 Å². The van der Waals surface area contributed by atoms with Crippen LogP contribution in [0.3, 0.4) is 0 Å². The van der Waals surface area contributed by atoms with Gasteiger partial charge in [0, 0.05) is 0 Å². The van der Waals surface area contributed by atoms with Crippen LogP contribution < -0.4 is 0 Å². The van der Waals surface area contributed by atoms with Gasteiger partial charge in [0.1, 0.15) is 0 Å². The third-order valence-electron chi connectivity index (χ3n) is 4.68. The molecule has 0 aromatic carbocycles. The number of hydrogen-bond acceptors (Lipinski definition) is 0. The second-order valence-electron chi connectivity index (χ2n) is 5.33. The Kier molecular flexibility index (Phi) is 5.78. The van der Waals surface area contributed by atoms with Crippen molar-refractivity contribution >= 4 is 0 Å². The maximum atomic E-state index is 2.45. The second-order valence-corrected chi connectivity index (χ2v) is 5.33. The van der Waals surface area contributed by atoms with E-state index in [2.05, 4.69) is 41.5 Å². The second kappa shape index (κ2) is 5.78. The summed E-state index contributed by atoms with van der Waals surface area (Å²) in [5, 5.41) is 0. The summed E-state index contributed by atoms with van der Waals surface area (Å²) in [6.07, 6.45) is 8.12. The Morgan fingerprint density at radius 2 is 1.29 bits per heavy atom. The Balaban J connectivity index is 4.67. The topological polar surface area (TPSA) is 0 Å². The highest BCUT2D eigenvalue weighted by molar-refractivity contribution is 4.90. The highest BCUT2D eigenvalue weighted by Crippen LogP contribution is 2.50. The zero-order chi connectivity index (χ0) is 11.2. The highest BCUT2D eigenvalue weighted by atomic mass is 14.4. The van der Waals surface area contributed by atoms with Crippen LogP contribution in [0.4, 0.5) is 0 Å². The summed E-state index contributed by atoms with van der Waals surface area (Å²) in [7, 11) is 0. The highest BCUT2D eigenvalue weighted by Gasteiger charge is 2.39. The van der Waals surface area contributed by atoms with Crippen molar-refractivity contribution < 1.29 is 0 Å². The summed E-state index contributed by atoms with van der Waals surface area (Å²) in [6.45, 7) is 14.3. The zero-order valence-corrected chi connectivity index (χ0v) is 11.2. The third kappa shape index (κ3) is 2.74. The third-order valence-corrected chi connectivity index (χ3v) is 4.68. The molecule has 0 aliphatic rings. The molecule has 0 fully saturated rings. The SMILES string of the molecule is CCCCC(CC)(CC)C(C)(C)CC. The molecule has 0 spiro atoms. The molecule has 0 saturated heterocycles. The van der Waals surface area contributed by atoms with Gasteiger partial charge in [-0.25, -0.2) is 0 Å². The maximum absolute atomic E-state index is 2.45. The Labute approximate surface area is 91.5 Å². The van der Waals surface area contributed by atoms with Crippen LogP contribution in [0.25, 0.3) is 0 Å². The maximum Gasteiger partial charge on any atom is -0.0252 e. The molecule has 0 atom stereocenters. The Morgan fingerprint density at radius 1 is 0.786 bits per heavy atom. The van der Waals surface area contributed by atoms with Gasteiger partial charge < -0.3 is 0 Å². The molecule has 0 nitrogen and oxygen atoms in total. The minimum atomic E-state index is 0.506. The van der Waals surface area contributed by atoms with Gasteiger partial charge in [0.2, 0.25) is 0 Å². The quantitative estimate of drug-likeness (QED) is 0.512. The largest absolute Gasteiger partial charge is 0.0654 e. The molecule has 0 aromatic heterocycles. The van der Waals surface area contributed by atoms with Gasteiger partial charge in [0.05, 0.1) is 0 Å². The van der Waals surface area contributed by atoms with Crippen LogP contribution in [-0.2, 0) is 0 Å². The minimum Gasteiger partial charge on any atom is -0.0654 e. The van der Waals surface area contributed by atoms with Gasteiger partial charge in [-0.05, 0) is 30.1 Å². The Hall–Kier alpha value is 0. The van der Waals surface area contributed by atoms with Crippen LogP contribution in [0.5, 0.6) is 0 Å². The predicted octanol–water partition coefficient (Wildman–Crippen LogP) is 5.42. The lowest BCUT2D eigenvalue weighted by Crippen LogP contribution is -2.36. The van der Waals surface area contributed by atoms with Gasteiger partial charge >= 0.3 is 0 Å². The molecule has 14 heavy (non-hydrogen) atoms. The molecule has 0 N–H and O–H groups in total. The van der Waals surface area contributed by atoms with Crippen molar-refractivity contribution in [2.24, 2.45) is 10.8 Å².